The minimum absolute atomic E-state index is 0.137. The Morgan fingerprint density at radius 3 is 2.71 bits per heavy atom. The van der Waals surface area contributed by atoms with Gasteiger partial charge in [-0.25, -0.2) is 0 Å². The third kappa shape index (κ3) is 2.84. The third-order valence-electron chi connectivity index (χ3n) is 5.41. The normalized spacial score (nSPS) is 30.5. The summed E-state index contributed by atoms with van der Waals surface area (Å²) in [6.45, 7) is 0.723. The van der Waals surface area contributed by atoms with E-state index < -0.39 is 0 Å². The summed E-state index contributed by atoms with van der Waals surface area (Å²) in [7, 11) is 0. The molecule has 1 aromatic carbocycles. The summed E-state index contributed by atoms with van der Waals surface area (Å²) in [5.74, 6) is 1.49. The van der Waals surface area contributed by atoms with E-state index in [1.165, 1.54) is 24.8 Å². The van der Waals surface area contributed by atoms with E-state index in [1.54, 1.807) is 0 Å². The fraction of sp³-hybridized carbons (Fsp3) is 0.611. The van der Waals surface area contributed by atoms with Crippen LogP contribution in [0, 0.1) is 17.3 Å². The second kappa shape index (κ2) is 6.18. The molecular formula is C18H25NO2. The van der Waals surface area contributed by atoms with E-state index in [0.717, 1.165) is 18.8 Å². The van der Waals surface area contributed by atoms with Crippen LogP contribution in [0.5, 0.6) is 0 Å². The fourth-order valence-electron chi connectivity index (χ4n) is 4.44. The molecule has 3 nitrogen and oxygen atoms in total. The van der Waals surface area contributed by atoms with Crippen molar-refractivity contribution in [2.24, 2.45) is 17.3 Å². The average Bonchev–Trinajstić information content (AvgIpc) is 3.10. The molecule has 1 amide bonds. The van der Waals surface area contributed by atoms with Crippen LogP contribution in [0.2, 0.25) is 0 Å². The van der Waals surface area contributed by atoms with E-state index in [1.807, 2.05) is 6.07 Å². The number of nitrogens with one attached hydrogen (secondary N) is 1. The number of benzene rings is 1. The molecule has 2 aliphatic carbocycles. The predicted octanol–water partition coefficient (Wildman–Crippen LogP) is 2.53. The molecule has 2 bridgehead atoms. The monoisotopic (exact) mass is 287 g/mol. The van der Waals surface area contributed by atoms with Gasteiger partial charge in [0.2, 0.25) is 5.91 Å². The summed E-state index contributed by atoms with van der Waals surface area (Å²) in [4.78, 5) is 12.8. The van der Waals surface area contributed by atoms with Gasteiger partial charge in [0.25, 0.3) is 0 Å². The molecule has 2 aliphatic rings. The van der Waals surface area contributed by atoms with Crippen LogP contribution in [-0.2, 0) is 11.2 Å². The number of carbonyl (C=O) groups is 1. The molecule has 0 aromatic heterocycles. The van der Waals surface area contributed by atoms with Crippen LogP contribution in [-0.4, -0.2) is 24.2 Å². The number of rotatable bonds is 6. The Labute approximate surface area is 126 Å². The molecule has 0 saturated heterocycles. The zero-order valence-electron chi connectivity index (χ0n) is 12.6. The maximum atomic E-state index is 12.8. The van der Waals surface area contributed by atoms with Gasteiger partial charge in [0.15, 0.2) is 0 Å². The number of carbonyl (C=O) groups excluding carboxylic acids is 1. The van der Waals surface area contributed by atoms with Crippen LogP contribution < -0.4 is 5.32 Å². The van der Waals surface area contributed by atoms with Gasteiger partial charge in [0, 0.05) is 13.2 Å². The van der Waals surface area contributed by atoms with E-state index in [4.69, 9.17) is 5.11 Å². The lowest BCUT2D eigenvalue weighted by molar-refractivity contribution is -0.134. The van der Waals surface area contributed by atoms with Gasteiger partial charge >= 0.3 is 0 Å². The number of amides is 1. The largest absolute Gasteiger partial charge is 0.396 e. The SMILES string of the molecule is O=C(NCCCO)C1(Cc2ccccc2)CC2CCC1C2. The zero-order chi connectivity index (χ0) is 14.7. The second-order valence-electron chi connectivity index (χ2n) is 6.73. The molecule has 3 atom stereocenters. The van der Waals surface area contributed by atoms with Gasteiger partial charge in [0.1, 0.15) is 0 Å². The van der Waals surface area contributed by atoms with Gasteiger partial charge in [-0.1, -0.05) is 36.8 Å². The first-order valence-corrected chi connectivity index (χ1v) is 8.18. The number of hydrogen-bond acceptors (Lipinski definition) is 2. The Morgan fingerprint density at radius 2 is 2.10 bits per heavy atom. The molecule has 0 radical (unpaired) electrons. The number of aliphatic hydroxyl groups is 1. The second-order valence-corrected chi connectivity index (χ2v) is 6.73. The highest BCUT2D eigenvalue weighted by Gasteiger charge is 2.55. The molecule has 3 unspecified atom stereocenters. The first-order valence-electron chi connectivity index (χ1n) is 8.18. The summed E-state index contributed by atoms with van der Waals surface area (Å²) < 4.78 is 0. The molecule has 2 fully saturated rings. The number of hydrogen-bond donors (Lipinski definition) is 2. The smallest absolute Gasteiger partial charge is 0.226 e. The molecule has 3 rings (SSSR count). The molecule has 0 heterocycles. The summed E-state index contributed by atoms with van der Waals surface area (Å²) in [6, 6.07) is 10.4. The van der Waals surface area contributed by atoms with Crippen molar-refractivity contribution in [1.82, 2.24) is 5.32 Å². The molecule has 1 aromatic rings. The molecule has 2 saturated carbocycles. The predicted molar refractivity (Wildman–Crippen MR) is 82.7 cm³/mol. The van der Waals surface area contributed by atoms with Crippen LogP contribution >= 0.6 is 0 Å². The van der Waals surface area contributed by atoms with Crippen molar-refractivity contribution in [3.8, 4) is 0 Å². The Bertz CT molecular complexity index is 487. The Hall–Kier alpha value is -1.35. The fourth-order valence-corrected chi connectivity index (χ4v) is 4.44. The van der Waals surface area contributed by atoms with E-state index in [0.29, 0.717) is 18.9 Å². The highest BCUT2D eigenvalue weighted by Crippen LogP contribution is 2.57. The molecule has 3 heteroatoms. The minimum Gasteiger partial charge on any atom is -0.396 e. The molecule has 0 aliphatic heterocycles. The Balaban J connectivity index is 1.77. The van der Waals surface area contributed by atoms with Crippen molar-refractivity contribution in [2.75, 3.05) is 13.2 Å². The Morgan fingerprint density at radius 1 is 1.29 bits per heavy atom. The van der Waals surface area contributed by atoms with Crippen LogP contribution in [0.25, 0.3) is 0 Å². The van der Waals surface area contributed by atoms with Gasteiger partial charge in [-0.15, -0.1) is 0 Å². The first-order chi connectivity index (χ1) is 10.2. The number of aliphatic hydroxyl groups excluding tert-OH is 1. The maximum Gasteiger partial charge on any atom is 0.226 e. The highest BCUT2D eigenvalue weighted by molar-refractivity contribution is 5.84. The lowest BCUT2D eigenvalue weighted by Crippen LogP contribution is -2.46. The standard InChI is InChI=1S/C18H25NO2/c20-10-4-9-19-17(21)18(12-14-5-2-1-3-6-14)13-15-7-8-16(18)11-15/h1-3,5-6,15-16,20H,4,7-13H2,(H,19,21). The highest BCUT2D eigenvalue weighted by atomic mass is 16.3. The summed E-state index contributed by atoms with van der Waals surface area (Å²) in [5, 5.41) is 12.0. The molecular weight excluding hydrogens is 262 g/mol. The van der Waals surface area contributed by atoms with E-state index in [2.05, 4.69) is 29.6 Å². The van der Waals surface area contributed by atoms with E-state index in [-0.39, 0.29) is 17.9 Å². The molecule has 2 N–H and O–H groups in total. The van der Waals surface area contributed by atoms with E-state index >= 15 is 0 Å². The zero-order valence-corrected chi connectivity index (χ0v) is 12.6. The quantitative estimate of drug-likeness (QED) is 0.790. The molecule has 0 spiro atoms. The van der Waals surface area contributed by atoms with Gasteiger partial charge in [-0.05, 0) is 49.5 Å². The van der Waals surface area contributed by atoms with Crippen molar-refractivity contribution in [3.63, 3.8) is 0 Å². The maximum absolute atomic E-state index is 12.8. The van der Waals surface area contributed by atoms with Crippen LogP contribution in [0.3, 0.4) is 0 Å². The van der Waals surface area contributed by atoms with Gasteiger partial charge in [-0.2, -0.15) is 0 Å². The van der Waals surface area contributed by atoms with E-state index in [9.17, 15) is 4.79 Å². The van der Waals surface area contributed by atoms with Crippen LogP contribution in [0.4, 0.5) is 0 Å². The lowest BCUT2D eigenvalue weighted by Gasteiger charge is -2.36. The molecule has 114 valence electrons. The number of fused-ring (bicyclic) bond motifs is 2. The Kier molecular flexibility index (Phi) is 4.29. The third-order valence-corrected chi connectivity index (χ3v) is 5.41. The average molecular weight is 287 g/mol. The van der Waals surface area contributed by atoms with Crippen LogP contribution in [0.15, 0.2) is 30.3 Å². The van der Waals surface area contributed by atoms with Gasteiger partial charge in [-0.3, -0.25) is 4.79 Å². The topological polar surface area (TPSA) is 49.3 Å². The lowest BCUT2D eigenvalue weighted by atomic mass is 9.68. The van der Waals surface area contributed by atoms with Crippen molar-refractivity contribution in [1.29, 1.82) is 0 Å². The van der Waals surface area contributed by atoms with Crippen molar-refractivity contribution in [2.45, 2.75) is 38.5 Å². The van der Waals surface area contributed by atoms with Crippen molar-refractivity contribution in [3.05, 3.63) is 35.9 Å². The summed E-state index contributed by atoms with van der Waals surface area (Å²) in [5.41, 5.74) is 1.06. The van der Waals surface area contributed by atoms with Gasteiger partial charge in [0.05, 0.1) is 5.41 Å². The summed E-state index contributed by atoms with van der Waals surface area (Å²) >= 11 is 0. The van der Waals surface area contributed by atoms with Crippen molar-refractivity contribution < 1.29 is 9.90 Å². The van der Waals surface area contributed by atoms with Gasteiger partial charge < -0.3 is 10.4 Å². The van der Waals surface area contributed by atoms with Crippen molar-refractivity contribution >= 4 is 5.91 Å². The van der Waals surface area contributed by atoms with Crippen LogP contribution in [0.1, 0.15) is 37.7 Å². The minimum atomic E-state index is -0.209. The molecule has 21 heavy (non-hydrogen) atoms. The summed E-state index contributed by atoms with van der Waals surface area (Å²) in [6.07, 6.45) is 6.26. The first kappa shape index (κ1) is 14.6.